The van der Waals surface area contributed by atoms with Crippen molar-refractivity contribution in [3.63, 3.8) is 0 Å². The maximum absolute atomic E-state index is 12.4. The smallest absolute Gasteiger partial charge is 0.265 e. The van der Waals surface area contributed by atoms with Crippen LogP contribution in [0.4, 0.5) is 11.4 Å². The lowest BCUT2D eigenvalue weighted by molar-refractivity contribution is -0.122. The number of nitrogens with zero attached hydrogens (tertiary/aromatic N) is 1. The van der Waals surface area contributed by atoms with Crippen molar-refractivity contribution in [1.82, 2.24) is 0 Å². The number of amides is 1. The second-order valence-corrected chi connectivity index (χ2v) is 7.80. The van der Waals surface area contributed by atoms with Gasteiger partial charge in [0, 0.05) is 24.5 Å². The molecule has 1 aliphatic rings. The Morgan fingerprint density at radius 1 is 1.14 bits per heavy atom. The summed E-state index contributed by atoms with van der Waals surface area (Å²) in [4.78, 5) is 14.7. The number of halogens is 2. The molecular formula is C21H24Cl2N2O3. The second kappa shape index (κ2) is 9.03. The number of hydrogen-bond donors (Lipinski definition) is 1. The van der Waals surface area contributed by atoms with E-state index >= 15 is 0 Å². The third-order valence-corrected chi connectivity index (χ3v) is 5.31. The van der Waals surface area contributed by atoms with Crippen LogP contribution in [-0.4, -0.2) is 37.3 Å². The summed E-state index contributed by atoms with van der Waals surface area (Å²) in [7, 11) is 0. The Morgan fingerprint density at radius 3 is 2.43 bits per heavy atom. The van der Waals surface area contributed by atoms with Crippen molar-refractivity contribution < 1.29 is 14.3 Å². The molecule has 2 aromatic rings. The summed E-state index contributed by atoms with van der Waals surface area (Å²) in [6, 6.07) is 12.8. The van der Waals surface area contributed by atoms with Crippen LogP contribution in [0.5, 0.6) is 5.75 Å². The van der Waals surface area contributed by atoms with Crippen LogP contribution in [-0.2, 0) is 9.53 Å². The molecule has 1 amide bonds. The molecule has 3 rings (SSSR count). The number of carbonyl (C=O) groups is 1. The van der Waals surface area contributed by atoms with Crippen molar-refractivity contribution in [2.24, 2.45) is 0 Å². The van der Waals surface area contributed by atoms with Crippen molar-refractivity contribution in [1.29, 1.82) is 0 Å². The van der Waals surface area contributed by atoms with Gasteiger partial charge in [0.25, 0.3) is 5.91 Å². The number of benzene rings is 2. The predicted molar refractivity (Wildman–Crippen MR) is 114 cm³/mol. The molecule has 2 aromatic carbocycles. The van der Waals surface area contributed by atoms with Crippen molar-refractivity contribution in [3.8, 4) is 5.75 Å². The van der Waals surface area contributed by atoms with Crippen molar-refractivity contribution in [2.75, 3.05) is 23.3 Å². The molecule has 0 aromatic heterocycles. The highest BCUT2D eigenvalue weighted by Gasteiger charge is 2.22. The minimum Gasteiger partial charge on any atom is -0.479 e. The predicted octanol–water partition coefficient (Wildman–Crippen LogP) is 5.01. The van der Waals surface area contributed by atoms with Gasteiger partial charge in [-0.1, -0.05) is 29.3 Å². The van der Waals surface area contributed by atoms with Crippen molar-refractivity contribution in [2.45, 2.75) is 39.1 Å². The summed E-state index contributed by atoms with van der Waals surface area (Å²) < 4.78 is 11.4. The normalized spacial score (nSPS) is 20.5. The van der Waals surface area contributed by atoms with E-state index in [9.17, 15) is 4.79 Å². The summed E-state index contributed by atoms with van der Waals surface area (Å²) in [5.74, 6) is 0.111. The highest BCUT2D eigenvalue weighted by atomic mass is 35.5. The molecule has 5 nitrogen and oxygen atoms in total. The quantitative estimate of drug-likeness (QED) is 0.735. The zero-order valence-corrected chi connectivity index (χ0v) is 17.6. The Balaban J connectivity index is 1.60. The molecule has 3 unspecified atom stereocenters. The molecule has 0 bridgehead atoms. The number of morpholine rings is 1. The summed E-state index contributed by atoms with van der Waals surface area (Å²) in [5.41, 5.74) is 1.81. The second-order valence-electron chi connectivity index (χ2n) is 7.01. The monoisotopic (exact) mass is 422 g/mol. The maximum Gasteiger partial charge on any atom is 0.265 e. The van der Waals surface area contributed by atoms with Crippen LogP contribution in [0.15, 0.2) is 42.5 Å². The molecule has 1 heterocycles. The van der Waals surface area contributed by atoms with E-state index in [2.05, 4.69) is 24.1 Å². The molecule has 0 spiro atoms. The molecule has 28 heavy (non-hydrogen) atoms. The maximum atomic E-state index is 12.4. The molecule has 1 saturated heterocycles. The summed E-state index contributed by atoms with van der Waals surface area (Å²) in [5, 5.41) is 3.54. The number of nitrogens with one attached hydrogen (secondary N) is 1. The Morgan fingerprint density at radius 2 is 1.79 bits per heavy atom. The van der Waals surface area contributed by atoms with E-state index in [4.69, 9.17) is 32.7 Å². The first-order chi connectivity index (χ1) is 13.3. The van der Waals surface area contributed by atoms with Crippen molar-refractivity contribution >= 4 is 40.5 Å². The van der Waals surface area contributed by atoms with E-state index in [0.717, 1.165) is 18.8 Å². The van der Waals surface area contributed by atoms with Gasteiger partial charge in [-0.2, -0.15) is 0 Å². The first-order valence-electron chi connectivity index (χ1n) is 9.25. The van der Waals surface area contributed by atoms with E-state index in [-0.39, 0.29) is 18.1 Å². The largest absolute Gasteiger partial charge is 0.479 e. The minimum absolute atomic E-state index is 0.194. The number of anilines is 2. The fourth-order valence-corrected chi connectivity index (χ4v) is 3.54. The van der Waals surface area contributed by atoms with Gasteiger partial charge in [0.1, 0.15) is 10.8 Å². The fourth-order valence-electron chi connectivity index (χ4n) is 3.21. The van der Waals surface area contributed by atoms with Gasteiger partial charge in [0.05, 0.1) is 17.2 Å². The van der Waals surface area contributed by atoms with Gasteiger partial charge in [0.2, 0.25) is 0 Å². The molecule has 0 aliphatic carbocycles. The molecule has 0 saturated carbocycles. The topological polar surface area (TPSA) is 50.8 Å². The fraction of sp³-hybridized carbons (Fsp3) is 0.381. The Labute approximate surface area is 175 Å². The standard InChI is InChI=1S/C21H24Cl2N2O3/c1-13-11-25(12-14(2)27-13)17-9-7-16(8-10-17)24-21(26)15(3)28-19-6-4-5-18(22)20(19)23/h4-10,13-15H,11-12H2,1-3H3,(H,24,26). The molecule has 0 radical (unpaired) electrons. The van der Waals surface area contributed by atoms with E-state index in [1.54, 1.807) is 25.1 Å². The van der Waals surface area contributed by atoms with Crippen LogP contribution >= 0.6 is 23.2 Å². The molecule has 1 N–H and O–H groups in total. The third kappa shape index (κ3) is 5.10. The van der Waals surface area contributed by atoms with E-state index < -0.39 is 6.10 Å². The van der Waals surface area contributed by atoms with Crippen LogP contribution in [0.1, 0.15) is 20.8 Å². The van der Waals surface area contributed by atoms with Gasteiger partial charge < -0.3 is 19.7 Å². The van der Waals surface area contributed by atoms with Crippen LogP contribution in [0.3, 0.4) is 0 Å². The highest BCUT2D eigenvalue weighted by Crippen LogP contribution is 2.32. The molecule has 3 atom stereocenters. The average Bonchev–Trinajstić information content (AvgIpc) is 2.65. The summed E-state index contributed by atoms with van der Waals surface area (Å²) in [6.07, 6.45) is -0.338. The Kier molecular flexibility index (Phi) is 6.70. The van der Waals surface area contributed by atoms with E-state index in [1.807, 2.05) is 24.3 Å². The first-order valence-corrected chi connectivity index (χ1v) is 10.0. The van der Waals surface area contributed by atoms with E-state index in [0.29, 0.717) is 21.5 Å². The lowest BCUT2D eigenvalue weighted by Gasteiger charge is -2.36. The van der Waals surface area contributed by atoms with Gasteiger partial charge in [0.15, 0.2) is 6.10 Å². The van der Waals surface area contributed by atoms with Gasteiger partial charge in [-0.25, -0.2) is 0 Å². The SMILES string of the molecule is CC1CN(c2ccc(NC(=O)C(C)Oc3cccc(Cl)c3Cl)cc2)CC(C)O1. The highest BCUT2D eigenvalue weighted by molar-refractivity contribution is 6.42. The van der Waals surface area contributed by atoms with Gasteiger partial charge in [-0.15, -0.1) is 0 Å². The third-order valence-electron chi connectivity index (χ3n) is 4.51. The van der Waals surface area contributed by atoms with Gasteiger partial charge in [-0.05, 0) is 57.2 Å². The van der Waals surface area contributed by atoms with E-state index in [1.165, 1.54) is 0 Å². The van der Waals surface area contributed by atoms with Crippen LogP contribution in [0.2, 0.25) is 10.0 Å². The Hall–Kier alpha value is -1.95. The van der Waals surface area contributed by atoms with Crippen LogP contribution < -0.4 is 15.0 Å². The zero-order valence-electron chi connectivity index (χ0n) is 16.1. The molecule has 1 fully saturated rings. The van der Waals surface area contributed by atoms with Gasteiger partial charge in [-0.3, -0.25) is 4.79 Å². The van der Waals surface area contributed by atoms with Crippen molar-refractivity contribution in [3.05, 3.63) is 52.5 Å². The summed E-state index contributed by atoms with van der Waals surface area (Å²) >= 11 is 12.1. The van der Waals surface area contributed by atoms with Crippen LogP contribution in [0.25, 0.3) is 0 Å². The Bertz CT molecular complexity index is 819. The molecule has 7 heteroatoms. The summed E-state index contributed by atoms with van der Waals surface area (Å²) in [6.45, 7) is 7.51. The zero-order chi connectivity index (χ0) is 20.3. The average molecular weight is 423 g/mol. The number of carbonyl (C=O) groups excluding carboxylic acids is 1. The minimum atomic E-state index is -0.725. The molecular weight excluding hydrogens is 399 g/mol. The number of hydrogen-bond acceptors (Lipinski definition) is 4. The molecule has 1 aliphatic heterocycles. The number of rotatable bonds is 5. The lowest BCUT2D eigenvalue weighted by atomic mass is 10.2. The lowest BCUT2D eigenvalue weighted by Crippen LogP contribution is -2.45. The number of ether oxygens (including phenoxy) is 2. The first kappa shape index (κ1) is 20.8. The van der Waals surface area contributed by atoms with Gasteiger partial charge >= 0.3 is 0 Å². The molecule has 150 valence electrons. The van der Waals surface area contributed by atoms with Crippen LogP contribution in [0, 0.1) is 0 Å².